The van der Waals surface area contributed by atoms with Crippen molar-refractivity contribution in [3.8, 4) is 33.8 Å². The van der Waals surface area contributed by atoms with Gasteiger partial charge >= 0.3 is 0 Å². The molecule has 0 saturated heterocycles. The summed E-state index contributed by atoms with van der Waals surface area (Å²) in [6.07, 6.45) is 0. The normalized spacial score (nSPS) is 13.8. The van der Waals surface area contributed by atoms with Gasteiger partial charge in [-0.25, -0.2) is 9.97 Å². The second-order valence-electron chi connectivity index (χ2n) is 14.5. The summed E-state index contributed by atoms with van der Waals surface area (Å²) in [7, 11) is 0. The van der Waals surface area contributed by atoms with E-state index in [0.29, 0.717) is 0 Å². The predicted octanol–water partition coefficient (Wildman–Crippen LogP) is 12.8. The molecule has 0 atom stereocenters. The molecule has 0 saturated carbocycles. The average molecular weight is 668 g/mol. The Morgan fingerprint density at radius 2 is 1.29 bits per heavy atom. The Balaban J connectivity index is 1.17. The fraction of sp³-hybridized carbons (Fsp3) is 0.0638. The van der Waals surface area contributed by atoms with Gasteiger partial charge in [0.25, 0.3) is 0 Å². The van der Waals surface area contributed by atoms with Crippen molar-refractivity contribution in [3.63, 3.8) is 0 Å². The van der Waals surface area contributed by atoms with E-state index in [1.165, 1.54) is 81.2 Å². The smallest absolute Gasteiger partial charge is 0.161 e. The molecule has 4 heterocycles. The number of benzene rings is 7. The van der Waals surface area contributed by atoms with Gasteiger partial charge in [0.05, 0.1) is 22.2 Å². The molecule has 0 unspecified atom stereocenters. The van der Waals surface area contributed by atoms with Crippen LogP contribution in [0, 0.1) is 0 Å². The second-order valence-corrected chi connectivity index (χ2v) is 15.6. The van der Waals surface area contributed by atoms with Crippen molar-refractivity contribution < 1.29 is 0 Å². The Labute approximate surface area is 297 Å². The van der Waals surface area contributed by atoms with Gasteiger partial charge in [0, 0.05) is 53.6 Å². The van der Waals surface area contributed by atoms with Crippen LogP contribution in [0.15, 0.2) is 140 Å². The van der Waals surface area contributed by atoms with Crippen LogP contribution in [-0.4, -0.2) is 14.4 Å². The summed E-state index contributed by atoms with van der Waals surface area (Å²) in [5.41, 5.74) is 12.1. The molecule has 0 bridgehead atoms. The van der Waals surface area contributed by atoms with Gasteiger partial charge in [-0.15, -0.1) is 11.3 Å². The maximum Gasteiger partial charge on any atom is 0.161 e. The Morgan fingerprint density at radius 3 is 2.20 bits per heavy atom. The summed E-state index contributed by atoms with van der Waals surface area (Å²) in [4.78, 5) is 11.7. The number of fused-ring (bicyclic) bond motifs is 15. The predicted molar refractivity (Wildman–Crippen MR) is 216 cm³/mol. The van der Waals surface area contributed by atoms with Crippen LogP contribution in [0.1, 0.15) is 25.0 Å². The highest BCUT2D eigenvalue weighted by molar-refractivity contribution is 7.25. The van der Waals surface area contributed by atoms with Gasteiger partial charge in [-0.2, -0.15) is 0 Å². The third-order valence-corrected chi connectivity index (χ3v) is 12.6. The van der Waals surface area contributed by atoms with Gasteiger partial charge in [-0.05, 0) is 57.3 Å². The molecule has 51 heavy (non-hydrogen) atoms. The minimum atomic E-state index is -0.155. The molecule has 1 aliphatic carbocycles. The summed E-state index contributed by atoms with van der Waals surface area (Å²) in [6.45, 7) is 4.74. The highest BCUT2D eigenvalue weighted by Crippen LogP contribution is 2.54. The summed E-state index contributed by atoms with van der Waals surface area (Å²) in [5.74, 6) is 0.764. The number of thiophene rings is 1. The van der Waals surface area contributed by atoms with Crippen molar-refractivity contribution in [2.75, 3.05) is 0 Å². The molecule has 7 aromatic carbocycles. The Bertz CT molecular complexity index is 3270. The first kappa shape index (κ1) is 27.7. The van der Waals surface area contributed by atoms with Gasteiger partial charge in [0.15, 0.2) is 5.82 Å². The average Bonchev–Trinajstić information content (AvgIpc) is 3.89. The minimum Gasteiger partial charge on any atom is -0.308 e. The van der Waals surface area contributed by atoms with Crippen LogP contribution in [-0.2, 0) is 5.41 Å². The topological polar surface area (TPSA) is 30.2 Å². The minimum absolute atomic E-state index is 0.155. The van der Waals surface area contributed by atoms with E-state index in [9.17, 15) is 0 Å². The molecular weight excluding hydrogens is 639 g/mol. The monoisotopic (exact) mass is 667 g/mol. The highest BCUT2D eigenvalue weighted by atomic mass is 32.1. The summed E-state index contributed by atoms with van der Waals surface area (Å²) in [5, 5.41) is 10.2. The van der Waals surface area contributed by atoms with E-state index in [1.807, 2.05) is 0 Å². The van der Waals surface area contributed by atoms with E-state index in [4.69, 9.17) is 9.97 Å². The van der Waals surface area contributed by atoms with Crippen LogP contribution in [0.3, 0.4) is 0 Å². The molecule has 0 spiro atoms. The molecule has 238 valence electrons. The first-order valence-electron chi connectivity index (χ1n) is 17.6. The van der Waals surface area contributed by atoms with Crippen LogP contribution in [0.5, 0.6) is 0 Å². The van der Waals surface area contributed by atoms with E-state index >= 15 is 0 Å². The molecule has 11 aromatic rings. The van der Waals surface area contributed by atoms with E-state index in [0.717, 1.165) is 32.9 Å². The van der Waals surface area contributed by atoms with Crippen LogP contribution in [0.4, 0.5) is 0 Å². The number of para-hydroxylation sites is 2. The molecule has 0 amide bonds. The maximum atomic E-state index is 5.37. The van der Waals surface area contributed by atoms with Crippen molar-refractivity contribution in [2.45, 2.75) is 19.3 Å². The summed E-state index contributed by atoms with van der Waals surface area (Å²) < 4.78 is 3.72. The van der Waals surface area contributed by atoms with Crippen LogP contribution in [0.25, 0.3) is 103 Å². The number of hydrogen-bond donors (Lipinski definition) is 0. The van der Waals surface area contributed by atoms with Crippen molar-refractivity contribution in [3.05, 3.63) is 151 Å². The van der Waals surface area contributed by atoms with E-state index in [1.54, 1.807) is 11.3 Å². The molecule has 4 heteroatoms. The van der Waals surface area contributed by atoms with Gasteiger partial charge in [0.2, 0.25) is 0 Å². The zero-order chi connectivity index (χ0) is 33.6. The lowest BCUT2D eigenvalue weighted by Gasteiger charge is -2.21. The van der Waals surface area contributed by atoms with Gasteiger partial charge in [0.1, 0.15) is 4.83 Å². The molecule has 1 aliphatic rings. The molecule has 0 aliphatic heterocycles. The van der Waals surface area contributed by atoms with Crippen molar-refractivity contribution >= 4 is 80.5 Å². The zero-order valence-corrected chi connectivity index (χ0v) is 28.8. The van der Waals surface area contributed by atoms with Crippen LogP contribution in [0.2, 0.25) is 0 Å². The zero-order valence-electron chi connectivity index (χ0n) is 28.0. The quantitative estimate of drug-likeness (QED) is 0.184. The third kappa shape index (κ3) is 3.48. The third-order valence-electron chi connectivity index (χ3n) is 11.5. The standard InChI is InChI=1S/C47H29N3S/c1-47(2)34-22-20-28(45-48-43(27-11-4-3-5-12-27)42-31-14-7-9-18-38(31)51-46(42)49-45)25-33(34)40-35(47)23-19-26-21-24-37-41(39(26)40)32-16-10-15-30-29-13-6-8-17-36(29)50(37)44(30)32/h3-25H,1-2H3. The molecule has 4 aromatic heterocycles. The molecule has 3 nitrogen and oxygen atoms in total. The number of rotatable bonds is 2. The lowest BCUT2D eigenvalue weighted by atomic mass is 9.81. The number of nitrogens with zero attached hydrogens (tertiary/aromatic N) is 3. The van der Waals surface area contributed by atoms with Gasteiger partial charge < -0.3 is 4.40 Å². The summed E-state index contributed by atoms with van der Waals surface area (Å²) in [6, 6.07) is 51.1. The van der Waals surface area contributed by atoms with Crippen molar-refractivity contribution in [1.29, 1.82) is 0 Å². The number of hydrogen-bond acceptors (Lipinski definition) is 3. The SMILES string of the molecule is CC1(C)c2ccc(-c3nc(-c4ccccc4)c4c(n3)sc3ccccc34)cc2-c2c1ccc1ccc3c(c4cccc5c6ccccc6n3c54)c21. The largest absolute Gasteiger partial charge is 0.308 e. The Kier molecular flexibility index (Phi) is 5.19. The first-order chi connectivity index (χ1) is 25.1. The Hall–Kier alpha value is -6.10. The first-order valence-corrected chi connectivity index (χ1v) is 18.4. The van der Waals surface area contributed by atoms with Crippen molar-refractivity contribution in [1.82, 2.24) is 14.4 Å². The fourth-order valence-corrected chi connectivity index (χ4v) is 10.4. The lowest BCUT2D eigenvalue weighted by Crippen LogP contribution is -2.14. The van der Waals surface area contributed by atoms with E-state index in [-0.39, 0.29) is 5.41 Å². The second kappa shape index (κ2) is 9.57. The van der Waals surface area contributed by atoms with Crippen molar-refractivity contribution in [2.24, 2.45) is 0 Å². The lowest BCUT2D eigenvalue weighted by molar-refractivity contribution is 0.661. The fourth-order valence-electron chi connectivity index (χ4n) is 9.27. The Morgan fingerprint density at radius 1 is 0.549 bits per heavy atom. The molecule has 0 N–H and O–H groups in total. The maximum absolute atomic E-state index is 5.37. The van der Waals surface area contributed by atoms with E-state index < -0.39 is 0 Å². The van der Waals surface area contributed by atoms with Gasteiger partial charge in [-0.3, -0.25) is 0 Å². The molecular formula is C47H29N3S. The van der Waals surface area contributed by atoms with Crippen LogP contribution < -0.4 is 0 Å². The molecule has 0 radical (unpaired) electrons. The highest BCUT2D eigenvalue weighted by Gasteiger charge is 2.37. The summed E-state index contributed by atoms with van der Waals surface area (Å²) >= 11 is 1.75. The molecule has 0 fully saturated rings. The van der Waals surface area contributed by atoms with Crippen LogP contribution >= 0.6 is 11.3 Å². The van der Waals surface area contributed by atoms with Gasteiger partial charge in [-0.1, -0.05) is 129 Å². The molecule has 12 rings (SSSR count). The van der Waals surface area contributed by atoms with E-state index in [2.05, 4.69) is 158 Å². The number of aromatic nitrogens is 3.